The highest BCUT2D eigenvalue weighted by atomic mass is 32.2. The van der Waals surface area contributed by atoms with Crippen molar-refractivity contribution in [1.82, 2.24) is 4.31 Å². The number of nitrogens with zero attached hydrogens (tertiary/aromatic N) is 1. The first-order valence-electron chi connectivity index (χ1n) is 9.41. The SMILES string of the molecule is C=CCSc1ccccc1NC(=O)C1CCN(S(=O)(=O)c2ccc(F)c(F)c2)CC1. The Balaban J connectivity index is 1.63. The number of amides is 1. The van der Waals surface area contributed by atoms with Crippen molar-refractivity contribution in [2.24, 2.45) is 5.92 Å². The summed E-state index contributed by atoms with van der Waals surface area (Å²) in [5.41, 5.74) is 0.714. The smallest absolute Gasteiger partial charge is 0.243 e. The molecule has 0 aliphatic carbocycles. The highest BCUT2D eigenvalue weighted by Gasteiger charge is 2.32. The molecule has 0 unspecified atom stereocenters. The molecule has 1 N–H and O–H groups in total. The van der Waals surface area contributed by atoms with E-state index in [-0.39, 0.29) is 29.8 Å². The molecule has 1 saturated heterocycles. The van der Waals surface area contributed by atoms with Crippen LogP contribution in [0.5, 0.6) is 0 Å². The molecule has 160 valence electrons. The minimum atomic E-state index is -3.94. The van der Waals surface area contributed by atoms with E-state index in [9.17, 15) is 22.0 Å². The summed E-state index contributed by atoms with van der Waals surface area (Å²) in [5, 5.41) is 2.93. The second kappa shape index (κ2) is 9.72. The highest BCUT2D eigenvalue weighted by molar-refractivity contribution is 7.99. The Labute approximate surface area is 179 Å². The van der Waals surface area contributed by atoms with E-state index < -0.39 is 21.7 Å². The van der Waals surface area contributed by atoms with Gasteiger partial charge in [-0.2, -0.15) is 4.31 Å². The van der Waals surface area contributed by atoms with Gasteiger partial charge in [-0.25, -0.2) is 17.2 Å². The van der Waals surface area contributed by atoms with E-state index in [1.807, 2.05) is 24.3 Å². The minimum Gasteiger partial charge on any atom is -0.325 e. The van der Waals surface area contributed by atoms with Crippen LogP contribution >= 0.6 is 11.8 Å². The van der Waals surface area contributed by atoms with Gasteiger partial charge in [0.1, 0.15) is 0 Å². The monoisotopic (exact) mass is 452 g/mol. The maximum absolute atomic E-state index is 13.4. The van der Waals surface area contributed by atoms with Crippen LogP contribution in [0.15, 0.2) is 64.9 Å². The van der Waals surface area contributed by atoms with Crippen LogP contribution in [0.3, 0.4) is 0 Å². The molecule has 1 fully saturated rings. The van der Waals surface area contributed by atoms with Crippen LogP contribution in [0.1, 0.15) is 12.8 Å². The van der Waals surface area contributed by atoms with Crippen molar-refractivity contribution in [3.8, 4) is 0 Å². The molecule has 0 saturated carbocycles. The fourth-order valence-corrected chi connectivity index (χ4v) is 5.45. The number of thioether (sulfide) groups is 1. The summed E-state index contributed by atoms with van der Waals surface area (Å²) < 4.78 is 53.1. The summed E-state index contributed by atoms with van der Waals surface area (Å²) in [4.78, 5) is 13.3. The minimum absolute atomic E-state index is 0.131. The Hall–Kier alpha value is -2.23. The quantitative estimate of drug-likeness (QED) is 0.503. The number of anilines is 1. The predicted molar refractivity (Wildman–Crippen MR) is 114 cm³/mol. The van der Waals surface area contributed by atoms with Crippen molar-refractivity contribution in [2.45, 2.75) is 22.6 Å². The zero-order chi connectivity index (χ0) is 21.7. The van der Waals surface area contributed by atoms with Crippen LogP contribution < -0.4 is 5.32 Å². The topological polar surface area (TPSA) is 66.5 Å². The Morgan fingerprint density at radius 1 is 1.17 bits per heavy atom. The largest absolute Gasteiger partial charge is 0.325 e. The number of carbonyl (C=O) groups excluding carboxylic acids is 1. The number of nitrogens with one attached hydrogen (secondary N) is 1. The summed E-state index contributed by atoms with van der Waals surface area (Å²) in [6.45, 7) is 3.96. The summed E-state index contributed by atoms with van der Waals surface area (Å²) in [6.07, 6.45) is 2.47. The average molecular weight is 453 g/mol. The Morgan fingerprint density at radius 2 is 1.87 bits per heavy atom. The van der Waals surface area contributed by atoms with E-state index in [1.54, 1.807) is 17.8 Å². The van der Waals surface area contributed by atoms with E-state index in [2.05, 4.69) is 11.9 Å². The van der Waals surface area contributed by atoms with Gasteiger partial charge in [-0.15, -0.1) is 18.3 Å². The molecule has 5 nitrogen and oxygen atoms in total. The molecule has 1 aliphatic heterocycles. The molecular weight excluding hydrogens is 430 g/mol. The lowest BCUT2D eigenvalue weighted by Gasteiger charge is -2.30. The van der Waals surface area contributed by atoms with Gasteiger partial charge in [0.15, 0.2) is 11.6 Å². The molecular formula is C21H22F2N2O3S2. The van der Waals surface area contributed by atoms with Gasteiger partial charge in [-0.1, -0.05) is 18.2 Å². The number of hydrogen-bond acceptors (Lipinski definition) is 4. The van der Waals surface area contributed by atoms with Gasteiger partial charge in [0.2, 0.25) is 15.9 Å². The molecule has 1 amide bonds. The molecule has 3 rings (SSSR count). The number of rotatable bonds is 7. The second-order valence-corrected chi connectivity index (χ2v) is 9.84. The molecule has 0 aromatic heterocycles. The van der Waals surface area contributed by atoms with E-state index in [1.165, 1.54) is 4.31 Å². The Morgan fingerprint density at radius 3 is 2.53 bits per heavy atom. The molecule has 0 bridgehead atoms. The number of piperidine rings is 1. The molecule has 30 heavy (non-hydrogen) atoms. The second-order valence-electron chi connectivity index (χ2n) is 6.84. The average Bonchev–Trinajstić information content (AvgIpc) is 2.75. The lowest BCUT2D eigenvalue weighted by molar-refractivity contribution is -0.120. The Kier molecular flexibility index (Phi) is 7.27. The maximum Gasteiger partial charge on any atom is 0.243 e. The summed E-state index contributed by atoms with van der Waals surface area (Å²) >= 11 is 1.56. The van der Waals surface area contributed by atoms with Crippen LogP contribution in [-0.4, -0.2) is 37.5 Å². The van der Waals surface area contributed by atoms with Crippen molar-refractivity contribution in [3.63, 3.8) is 0 Å². The van der Waals surface area contributed by atoms with Gasteiger partial charge in [-0.05, 0) is 43.2 Å². The third-order valence-electron chi connectivity index (χ3n) is 4.86. The van der Waals surface area contributed by atoms with Crippen molar-refractivity contribution in [2.75, 3.05) is 24.2 Å². The number of sulfonamides is 1. The van der Waals surface area contributed by atoms with Crippen molar-refractivity contribution < 1.29 is 22.0 Å². The number of para-hydroxylation sites is 1. The third-order valence-corrected chi connectivity index (χ3v) is 7.82. The molecule has 0 atom stereocenters. The standard InChI is InChI=1S/C21H22F2N2O3S2/c1-2-13-29-20-6-4-3-5-19(20)24-21(26)15-9-11-25(12-10-15)30(27,28)16-7-8-17(22)18(23)14-16/h2-8,14-15H,1,9-13H2,(H,24,26). The van der Waals surface area contributed by atoms with E-state index in [0.717, 1.165) is 17.0 Å². The zero-order valence-electron chi connectivity index (χ0n) is 16.2. The number of halogens is 2. The summed E-state index contributed by atoms with van der Waals surface area (Å²) in [7, 11) is -3.94. The van der Waals surface area contributed by atoms with Gasteiger partial charge in [0.25, 0.3) is 0 Å². The van der Waals surface area contributed by atoms with Crippen LogP contribution in [0.2, 0.25) is 0 Å². The zero-order valence-corrected chi connectivity index (χ0v) is 17.8. The number of hydrogen-bond donors (Lipinski definition) is 1. The number of carbonyl (C=O) groups is 1. The fraction of sp³-hybridized carbons (Fsp3) is 0.286. The van der Waals surface area contributed by atoms with E-state index in [4.69, 9.17) is 0 Å². The molecule has 2 aromatic carbocycles. The van der Waals surface area contributed by atoms with Gasteiger partial charge >= 0.3 is 0 Å². The first-order valence-corrected chi connectivity index (χ1v) is 11.8. The summed E-state index contributed by atoms with van der Waals surface area (Å²) in [5.74, 6) is -2.09. The van der Waals surface area contributed by atoms with Crippen molar-refractivity contribution in [1.29, 1.82) is 0 Å². The molecule has 2 aromatic rings. The molecule has 0 spiro atoms. The van der Waals surface area contributed by atoms with Crippen LogP contribution in [-0.2, 0) is 14.8 Å². The van der Waals surface area contributed by atoms with Crippen molar-refractivity contribution in [3.05, 3.63) is 66.8 Å². The van der Waals surface area contributed by atoms with E-state index >= 15 is 0 Å². The first kappa shape index (κ1) is 22.5. The molecule has 9 heteroatoms. The number of benzene rings is 2. The fourth-order valence-electron chi connectivity index (χ4n) is 3.22. The lowest BCUT2D eigenvalue weighted by Crippen LogP contribution is -2.41. The van der Waals surface area contributed by atoms with Crippen LogP contribution in [0.25, 0.3) is 0 Å². The van der Waals surface area contributed by atoms with Gasteiger partial charge in [0.05, 0.1) is 10.6 Å². The van der Waals surface area contributed by atoms with Gasteiger partial charge in [0, 0.05) is 29.7 Å². The summed E-state index contributed by atoms with van der Waals surface area (Å²) in [6, 6.07) is 10.00. The van der Waals surface area contributed by atoms with Crippen LogP contribution in [0.4, 0.5) is 14.5 Å². The predicted octanol–water partition coefficient (Wildman–Crippen LogP) is 4.28. The van der Waals surface area contributed by atoms with Crippen LogP contribution in [0, 0.1) is 17.6 Å². The third kappa shape index (κ3) is 5.08. The first-order chi connectivity index (χ1) is 14.3. The highest BCUT2D eigenvalue weighted by Crippen LogP contribution is 2.29. The molecule has 0 radical (unpaired) electrons. The normalized spacial score (nSPS) is 15.7. The molecule has 1 heterocycles. The Bertz CT molecular complexity index is 1040. The maximum atomic E-state index is 13.4. The van der Waals surface area contributed by atoms with Gasteiger partial charge in [-0.3, -0.25) is 4.79 Å². The lowest BCUT2D eigenvalue weighted by atomic mass is 9.97. The van der Waals surface area contributed by atoms with Gasteiger partial charge < -0.3 is 5.32 Å². The van der Waals surface area contributed by atoms with Crippen molar-refractivity contribution >= 4 is 33.4 Å². The molecule has 1 aliphatic rings. The van der Waals surface area contributed by atoms with E-state index in [0.29, 0.717) is 30.3 Å².